The molecule has 6 rings (SSSR count). The highest BCUT2D eigenvalue weighted by atomic mass is 16.5. The van der Waals surface area contributed by atoms with Gasteiger partial charge >= 0.3 is 0 Å². The molecule has 6 aromatic carbocycles. The van der Waals surface area contributed by atoms with Crippen molar-refractivity contribution in [1.82, 2.24) is 0 Å². The van der Waals surface area contributed by atoms with E-state index in [-0.39, 0.29) is 28.3 Å². The molecule has 6 aromatic rings. The molecule has 0 saturated heterocycles. The van der Waals surface area contributed by atoms with Crippen molar-refractivity contribution in [2.45, 2.75) is 69.9 Å². The largest absolute Gasteiger partial charge is 0.492 e. The molecule has 8 nitrogen and oxygen atoms in total. The quantitative estimate of drug-likeness (QED) is 0.0632. The van der Waals surface area contributed by atoms with Crippen molar-refractivity contribution in [2.24, 2.45) is 11.5 Å². The second-order valence-corrected chi connectivity index (χ2v) is 17.0. The summed E-state index contributed by atoms with van der Waals surface area (Å²) in [4.78, 5) is 0. The number of ether oxygens (including phenoxy) is 4. The van der Waals surface area contributed by atoms with Gasteiger partial charge in [0.05, 0.1) is 12.1 Å². The highest BCUT2D eigenvalue weighted by Crippen LogP contribution is 2.35. The first-order valence-corrected chi connectivity index (χ1v) is 20.3. The van der Waals surface area contributed by atoms with Crippen molar-refractivity contribution >= 4 is 11.4 Å². The summed E-state index contributed by atoms with van der Waals surface area (Å²) in [7, 11) is 0. The number of nitrogen functional groups attached to an aromatic ring is 2. The van der Waals surface area contributed by atoms with Crippen molar-refractivity contribution in [3.63, 3.8) is 0 Å². The van der Waals surface area contributed by atoms with Gasteiger partial charge in [0.25, 0.3) is 0 Å². The van der Waals surface area contributed by atoms with E-state index < -0.39 is 0 Å². The summed E-state index contributed by atoms with van der Waals surface area (Å²) in [6, 6.07) is 48.2. The van der Waals surface area contributed by atoms with Gasteiger partial charge in [-0.15, -0.1) is 0 Å². The van der Waals surface area contributed by atoms with Gasteiger partial charge in [0, 0.05) is 27.6 Å². The van der Waals surface area contributed by atoms with E-state index in [0.717, 1.165) is 45.5 Å². The van der Waals surface area contributed by atoms with E-state index in [1.807, 2.05) is 72.8 Å². The molecular weight excluding hydrogens is 733 g/mol. The standard InChI is InChI=1S/C51H60N4O4/c1-49(2,35-7-19-41(52)20-8-35)37-11-23-45(24-12-37)56-31-43(54)33-58-47-27-15-39(16-28-47)51(5,6)40-17-29-48(30-18-40)59-34-44(55)32-57-46-25-13-38(14-26-46)50(3,4)36-9-21-42(53)22-10-36/h7-30,43-44H,31-34,52-55H2,1-6H3. The minimum atomic E-state index is -0.294. The lowest BCUT2D eigenvalue weighted by molar-refractivity contribution is 0.220. The van der Waals surface area contributed by atoms with Gasteiger partial charge in [0.2, 0.25) is 0 Å². The lowest BCUT2D eigenvalue weighted by Crippen LogP contribution is -2.34. The number of rotatable bonds is 18. The van der Waals surface area contributed by atoms with Crippen LogP contribution in [0.5, 0.6) is 23.0 Å². The number of benzene rings is 6. The molecular formula is C51H60N4O4. The molecule has 0 saturated carbocycles. The Labute approximate surface area is 350 Å². The lowest BCUT2D eigenvalue weighted by atomic mass is 9.78. The van der Waals surface area contributed by atoms with Gasteiger partial charge in [-0.3, -0.25) is 0 Å². The monoisotopic (exact) mass is 792 g/mol. The zero-order chi connectivity index (χ0) is 42.2. The lowest BCUT2D eigenvalue weighted by Gasteiger charge is -2.27. The van der Waals surface area contributed by atoms with Crippen LogP contribution in [0.15, 0.2) is 146 Å². The first-order valence-electron chi connectivity index (χ1n) is 20.3. The fraction of sp³-hybridized carbons (Fsp3) is 0.294. The fourth-order valence-corrected chi connectivity index (χ4v) is 7.08. The van der Waals surface area contributed by atoms with Gasteiger partial charge < -0.3 is 41.9 Å². The van der Waals surface area contributed by atoms with E-state index in [1.54, 1.807) is 0 Å². The molecule has 0 radical (unpaired) electrons. The molecule has 0 amide bonds. The molecule has 2 unspecified atom stereocenters. The molecule has 0 aliphatic rings. The zero-order valence-electron chi connectivity index (χ0n) is 35.3. The summed E-state index contributed by atoms with van der Waals surface area (Å²) < 4.78 is 24.1. The summed E-state index contributed by atoms with van der Waals surface area (Å²) in [6.07, 6.45) is 0. The third-order valence-corrected chi connectivity index (χ3v) is 11.4. The highest BCUT2D eigenvalue weighted by Gasteiger charge is 2.25. The van der Waals surface area contributed by atoms with Crippen LogP contribution in [0.25, 0.3) is 0 Å². The molecule has 0 fully saturated rings. The number of hydrogen-bond donors (Lipinski definition) is 4. The Morgan fingerprint density at radius 1 is 0.322 bits per heavy atom. The maximum Gasteiger partial charge on any atom is 0.119 e. The van der Waals surface area contributed by atoms with Gasteiger partial charge in [-0.2, -0.15) is 0 Å². The number of nitrogens with two attached hydrogens (primary N) is 4. The summed E-state index contributed by atoms with van der Waals surface area (Å²) in [5.41, 5.74) is 32.6. The van der Waals surface area contributed by atoms with Crippen molar-refractivity contribution in [1.29, 1.82) is 0 Å². The fourth-order valence-electron chi connectivity index (χ4n) is 7.08. The predicted octanol–water partition coefficient (Wildman–Crippen LogP) is 9.40. The van der Waals surface area contributed by atoms with E-state index in [0.29, 0.717) is 26.4 Å². The maximum atomic E-state index is 6.37. The minimum absolute atomic E-state index is 0.165. The molecule has 2 atom stereocenters. The van der Waals surface area contributed by atoms with Crippen LogP contribution >= 0.6 is 0 Å². The molecule has 308 valence electrons. The van der Waals surface area contributed by atoms with Crippen molar-refractivity contribution < 1.29 is 18.9 Å². The molecule has 8 N–H and O–H groups in total. The molecule has 0 bridgehead atoms. The Balaban J connectivity index is 0.919. The van der Waals surface area contributed by atoms with Crippen molar-refractivity contribution in [2.75, 3.05) is 37.9 Å². The topological polar surface area (TPSA) is 141 Å². The molecule has 0 heterocycles. The summed E-state index contributed by atoms with van der Waals surface area (Å²) in [6.45, 7) is 14.6. The van der Waals surface area contributed by atoms with E-state index in [1.165, 1.54) is 22.3 Å². The Hall–Kier alpha value is -5.96. The Kier molecular flexibility index (Phi) is 13.2. The van der Waals surface area contributed by atoms with Crippen LogP contribution in [0.2, 0.25) is 0 Å². The van der Waals surface area contributed by atoms with Gasteiger partial charge in [0.1, 0.15) is 49.4 Å². The molecule has 59 heavy (non-hydrogen) atoms. The average Bonchev–Trinajstić information content (AvgIpc) is 3.24. The smallest absolute Gasteiger partial charge is 0.119 e. The van der Waals surface area contributed by atoms with Crippen LogP contribution < -0.4 is 41.9 Å². The molecule has 0 aliphatic heterocycles. The normalized spacial score (nSPS) is 13.0. The molecule has 0 aliphatic carbocycles. The van der Waals surface area contributed by atoms with E-state index in [9.17, 15) is 0 Å². The highest BCUT2D eigenvalue weighted by molar-refractivity contribution is 5.47. The summed E-state index contributed by atoms with van der Waals surface area (Å²) in [5, 5.41) is 0. The maximum absolute atomic E-state index is 6.37. The predicted molar refractivity (Wildman–Crippen MR) is 242 cm³/mol. The van der Waals surface area contributed by atoms with Gasteiger partial charge in [0.15, 0.2) is 0 Å². The molecule has 8 heteroatoms. The van der Waals surface area contributed by atoms with E-state index in [2.05, 4.69) is 114 Å². The van der Waals surface area contributed by atoms with Crippen molar-refractivity contribution in [3.05, 3.63) is 179 Å². The van der Waals surface area contributed by atoms with Crippen LogP contribution in [0.1, 0.15) is 74.9 Å². The van der Waals surface area contributed by atoms with Crippen LogP contribution in [0, 0.1) is 0 Å². The SMILES string of the molecule is CC(C)(c1ccc(N)cc1)c1ccc(OCC(N)COc2ccc(C(C)(C)c3ccc(OCC(N)COc4ccc(C(C)(C)c5ccc(N)cc5)cc4)cc3)cc2)cc1. The third kappa shape index (κ3) is 10.8. The van der Waals surface area contributed by atoms with Crippen LogP contribution in [0.4, 0.5) is 11.4 Å². The average molecular weight is 793 g/mol. The first-order chi connectivity index (χ1) is 28.1. The Bertz CT molecular complexity index is 2060. The van der Waals surface area contributed by atoms with Crippen LogP contribution in [-0.4, -0.2) is 38.5 Å². The van der Waals surface area contributed by atoms with E-state index >= 15 is 0 Å². The third-order valence-electron chi connectivity index (χ3n) is 11.4. The summed E-state index contributed by atoms with van der Waals surface area (Å²) >= 11 is 0. The first kappa shape index (κ1) is 42.6. The molecule has 0 aromatic heterocycles. The van der Waals surface area contributed by atoms with Crippen LogP contribution in [0.3, 0.4) is 0 Å². The van der Waals surface area contributed by atoms with Crippen LogP contribution in [-0.2, 0) is 16.2 Å². The second kappa shape index (κ2) is 18.3. The van der Waals surface area contributed by atoms with Crippen molar-refractivity contribution in [3.8, 4) is 23.0 Å². The van der Waals surface area contributed by atoms with Gasteiger partial charge in [-0.05, 0) is 106 Å². The zero-order valence-corrected chi connectivity index (χ0v) is 35.3. The Morgan fingerprint density at radius 2 is 0.492 bits per heavy atom. The Morgan fingerprint density at radius 3 is 0.678 bits per heavy atom. The van der Waals surface area contributed by atoms with Gasteiger partial charge in [-0.25, -0.2) is 0 Å². The minimum Gasteiger partial charge on any atom is -0.492 e. The second-order valence-electron chi connectivity index (χ2n) is 17.0. The molecule has 0 spiro atoms. The number of anilines is 2. The number of hydrogen-bond acceptors (Lipinski definition) is 8. The van der Waals surface area contributed by atoms with Gasteiger partial charge in [-0.1, -0.05) is 114 Å². The van der Waals surface area contributed by atoms with E-state index in [4.69, 9.17) is 41.9 Å². The summed E-state index contributed by atoms with van der Waals surface area (Å²) in [5.74, 6) is 3.06.